The zero-order valence-electron chi connectivity index (χ0n) is 14.6. The van der Waals surface area contributed by atoms with Crippen molar-refractivity contribution >= 4 is 27.6 Å². The SMILES string of the molecule is N#CC1CN(C(=O)c2ccc(-c3ccc4ccoc4c3)c3ccccc23)C1. The molecular weight excluding hydrogens is 336 g/mol. The van der Waals surface area contributed by atoms with E-state index in [-0.39, 0.29) is 11.8 Å². The Labute approximate surface area is 156 Å². The van der Waals surface area contributed by atoms with Gasteiger partial charge in [-0.05, 0) is 40.1 Å². The van der Waals surface area contributed by atoms with Gasteiger partial charge in [0, 0.05) is 24.0 Å². The topological polar surface area (TPSA) is 57.2 Å². The maximum Gasteiger partial charge on any atom is 0.254 e. The number of nitrogens with zero attached hydrogens (tertiary/aromatic N) is 2. The van der Waals surface area contributed by atoms with Crippen LogP contribution in [0.15, 0.2) is 71.3 Å². The lowest BCUT2D eigenvalue weighted by Gasteiger charge is -2.35. The van der Waals surface area contributed by atoms with Crippen LogP contribution >= 0.6 is 0 Å². The van der Waals surface area contributed by atoms with Crippen LogP contribution in [0.25, 0.3) is 32.9 Å². The number of amides is 1. The van der Waals surface area contributed by atoms with E-state index in [2.05, 4.69) is 12.1 Å². The quantitative estimate of drug-likeness (QED) is 0.518. The fraction of sp³-hybridized carbons (Fsp3) is 0.130. The molecule has 2 heterocycles. The smallest absolute Gasteiger partial charge is 0.254 e. The summed E-state index contributed by atoms with van der Waals surface area (Å²) in [4.78, 5) is 14.6. The van der Waals surface area contributed by atoms with Crippen molar-refractivity contribution in [3.05, 3.63) is 72.5 Å². The molecule has 1 fully saturated rings. The van der Waals surface area contributed by atoms with Gasteiger partial charge in [-0.15, -0.1) is 0 Å². The van der Waals surface area contributed by atoms with Gasteiger partial charge in [0.1, 0.15) is 5.58 Å². The molecule has 1 saturated heterocycles. The Morgan fingerprint density at radius 1 is 1.04 bits per heavy atom. The highest BCUT2D eigenvalue weighted by Crippen LogP contribution is 2.34. The van der Waals surface area contributed by atoms with Gasteiger partial charge in [-0.3, -0.25) is 4.79 Å². The van der Waals surface area contributed by atoms with E-state index in [1.807, 2.05) is 54.6 Å². The summed E-state index contributed by atoms with van der Waals surface area (Å²) in [5.74, 6) is -0.0507. The van der Waals surface area contributed by atoms with Crippen molar-refractivity contribution in [3.63, 3.8) is 0 Å². The summed E-state index contributed by atoms with van der Waals surface area (Å²) in [7, 11) is 0. The molecule has 0 bridgehead atoms. The average Bonchev–Trinajstić information content (AvgIpc) is 3.14. The molecule has 1 aliphatic rings. The number of benzene rings is 3. The third-order valence-corrected chi connectivity index (χ3v) is 5.27. The van der Waals surface area contributed by atoms with Crippen molar-refractivity contribution in [2.75, 3.05) is 13.1 Å². The van der Waals surface area contributed by atoms with E-state index in [1.165, 1.54) is 0 Å². The number of likely N-dealkylation sites (tertiary alicyclic amines) is 1. The number of hydrogen-bond acceptors (Lipinski definition) is 3. The van der Waals surface area contributed by atoms with E-state index in [4.69, 9.17) is 9.68 Å². The number of rotatable bonds is 2. The average molecular weight is 352 g/mol. The summed E-state index contributed by atoms with van der Waals surface area (Å²) < 4.78 is 5.54. The molecule has 1 aromatic heterocycles. The van der Waals surface area contributed by atoms with Crippen molar-refractivity contribution in [2.24, 2.45) is 5.92 Å². The molecule has 0 N–H and O–H groups in total. The molecule has 3 aromatic carbocycles. The summed E-state index contributed by atoms with van der Waals surface area (Å²) in [6.45, 7) is 1.03. The Morgan fingerprint density at radius 2 is 1.85 bits per heavy atom. The predicted octanol–water partition coefficient (Wildman–Crippen LogP) is 4.85. The standard InChI is InChI=1S/C23H16N2O2/c24-12-15-13-25(14-15)23(26)21-8-7-18(19-3-1-2-4-20(19)21)17-6-5-16-9-10-27-22(16)11-17/h1-11,15H,13-14H2. The van der Waals surface area contributed by atoms with Gasteiger partial charge in [0.2, 0.25) is 0 Å². The van der Waals surface area contributed by atoms with Gasteiger partial charge in [0.05, 0.1) is 18.3 Å². The minimum atomic E-state index is -0.0421. The molecule has 0 unspecified atom stereocenters. The third-order valence-electron chi connectivity index (χ3n) is 5.27. The van der Waals surface area contributed by atoms with Crippen LogP contribution < -0.4 is 0 Å². The van der Waals surface area contributed by atoms with Crippen molar-refractivity contribution in [2.45, 2.75) is 0 Å². The highest BCUT2D eigenvalue weighted by molar-refractivity contribution is 6.11. The maximum atomic E-state index is 12.9. The van der Waals surface area contributed by atoms with Crippen LogP contribution in [0, 0.1) is 17.2 Å². The summed E-state index contributed by atoms with van der Waals surface area (Å²) >= 11 is 0. The number of nitriles is 1. The van der Waals surface area contributed by atoms with Crippen LogP contribution in [0.2, 0.25) is 0 Å². The lowest BCUT2D eigenvalue weighted by molar-refractivity contribution is 0.0579. The van der Waals surface area contributed by atoms with E-state index in [1.54, 1.807) is 11.2 Å². The molecule has 130 valence electrons. The Kier molecular flexibility index (Phi) is 3.48. The molecular formula is C23H16N2O2. The van der Waals surface area contributed by atoms with Gasteiger partial charge in [-0.25, -0.2) is 0 Å². The first-order valence-corrected chi connectivity index (χ1v) is 8.93. The van der Waals surface area contributed by atoms with Gasteiger partial charge in [-0.1, -0.05) is 42.5 Å². The molecule has 0 radical (unpaired) electrons. The predicted molar refractivity (Wildman–Crippen MR) is 104 cm³/mol. The zero-order valence-corrected chi connectivity index (χ0v) is 14.6. The van der Waals surface area contributed by atoms with E-state index >= 15 is 0 Å². The fourth-order valence-corrected chi connectivity index (χ4v) is 3.76. The third kappa shape index (κ3) is 2.48. The first-order valence-electron chi connectivity index (χ1n) is 8.93. The summed E-state index contributed by atoms with van der Waals surface area (Å²) in [5.41, 5.74) is 3.66. The summed E-state index contributed by atoms with van der Waals surface area (Å²) in [6, 6.07) is 22.2. The van der Waals surface area contributed by atoms with Gasteiger partial charge in [0.15, 0.2) is 0 Å². The normalized spacial score (nSPS) is 14.3. The largest absolute Gasteiger partial charge is 0.464 e. The fourth-order valence-electron chi connectivity index (χ4n) is 3.76. The summed E-state index contributed by atoms with van der Waals surface area (Å²) in [6.07, 6.45) is 1.69. The maximum absolute atomic E-state index is 12.9. The van der Waals surface area contributed by atoms with Crippen molar-refractivity contribution in [3.8, 4) is 17.2 Å². The van der Waals surface area contributed by atoms with E-state index < -0.39 is 0 Å². The van der Waals surface area contributed by atoms with Crippen LogP contribution in [-0.4, -0.2) is 23.9 Å². The first-order chi connectivity index (χ1) is 13.2. The Morgan fingerprint density at radius 3 is 2.67 bits per heavy atom. The minimum Gasteiger partial charge on any atom is -0.464 e. The molecule has 27 heavy (non-hydrogen) atoms. The second kappa shape index (κ2) is 6.00. The monoisotopic (exact) mass is 352 g/mol. The molecule has 4 heteroatoms. The molecule has 4 nitrogen and oxygen atoms in total. The number of carbonyl (C=O) groups excluding carboxylic acids is 1. The Bertz CT molecular complexity index is 1230. The molecule has 4 aromatic rings. The van der Waals surface area contributed by atoms with E-state index in [0.29, 0.717) is 18.7 Å². The van der Waals surface area contributed by atoms with Crippen LogP contribution in [-0.2, 0) is 0 Å². The lowest BCUT2D eigenvalue weighted by atomic mass is 9.93. The van der Waals surface area contributed by atoms with Gasteiger partial charge < -0.3 is 9.32 Å². The molecule has 0 atom stereocenters. The van der Waals surface area contributed by atoms with Gasteiger partial charge in [0.25, 0.3) is 5.91 Å². The molecule has 0 aliphatic carbocycles. The van der Waals surface area contributed by atoms with Gasteiger partial charge in [-0.2, -0.15) is 5.26 Å². The van der Waals surface area contributed by atoms with Crippen LogP contribution in [0.3, 0.4) is 0 Å². The van der Waals surface area contributed by atoms with Crippen LogP contribution in [0.4, 0.5) is 0 Å². The van der Waals surface area contributed by atoms with Crippen LogP contribution in [0.5, 0.6) is 0 Å². The number of fused-ring (bicyclic) bond motifs is 2. The molecule has 0 spiro atoms. The zero-order chi connectivity index (χ0) is 18.4. The number of carbonyl (C=O) groups is 1. The van der Waals surface area contributed by atoms with Gasteiger partial charge >= 0.3 is 0 Å². The van der Waals surface area contributed by atoms with Crippen LogP contribution in [0.1, 0.15) is 10.4 Å². The Hall–Kier alpha value is -3.58. The highest BCUT2D eigenvalue weighted by atomic mass is 16.3. The second-order valence-corrected chi connectivity index (χ2v) is 6.92. The minimum absolute atomic E-state index is 0.00858. The summed E-state index contributed by atoms with van der Waals surface area (Å²) in [5, 5.41) is 12.0. The van der Waals surface area contributed by atoms with E-state index in [9.17, 15) is 4.79 Å². The van der Waals surface area contributed by atoms with Crippen molar-refractivity contribution < 1.29 is 9.21 Å². The second-order valence-electron chi connectivity index (χ2n) is 6.92. The number of hydrogen-bond donors (Lipinski definition) is 0. The number of furan rings is 1. The van der Waals surface area contributed by atoms with E-state index in [0.717, 1.165) is 32.9 Å². The van der Waals surface area contributed by atoms with Crippen molar-refractivity contribution in [1.29, 1.82) is 5.26 Å². The lowest BCUT2D eigenvalue weighted by Crippen LogP contribution is -2.49. The first kappa shape index (κ1) is 15.7. The molecule has 1 amide bonds. The highest BCUT2D eigenvalue weighted by Gasteiger charge is 2.31. The molecule has 1 aliphatic heterocycles. The van der Waals surface area contributed by atoms with Crippen molar-refractivity contribution in [1.82, 2.24) is 4.90 Å². The molecule has 5 rings (SSSR count). The molecule has 0 saturated carbocycles. The Balaban J connectivity index is 1.62.